The number of anilines is 6. The van der Waals surface area contributed by atoms with Crippen molar-refractivity contribution in [1.29, 1.82) is 0 Å². The number of fused-ring (bicyclic) bond motifs is 16. The third-order valence-corrected chi connectivity index (χ3v) is 15.5. The van der Waals surface area contributed by atoms with Crippen molar-refractivity contribution in [2.75, 3.05) is 9.80 Å². The van der Waals surface area contributed by atoms with Crippen molar-refractivity contribution in [3.05, 3.63) is 255 Å². The lowest BCUT2D eigenvalue weighted by Crippen LogP contribution is -2.61. The topological polar surface area (TPSA) is 21.3 Å². The van der Waals surface area contributed by atoms with E-state index in [0.29, 0.717) is 0 Å². The average molecular weight is 916 g/mol. The van der Waals surface area contributed by atoms with Gasteiger partial charge in [-0.2, -0.15) is 0 Å². The first-order valence-corrected chi connectivity index (χ1v) is 24.9. The van der Waals surface area contributed by atoms with Gasteiger partial charge >= 0.3 is 0 Å². The molecule has 0 radical (unpaired) electrons. The highest BCUT2D eigenvalue weighted by Crippen LogP contribution is 2.51. The first-order valence-electron chi connectivity index (χ1n) is 24.9. The van der Waals surface area contributed by atoms with Gasteiger partial charge in [-0.15, -0.1) is 0 Å². The van der Waals surface area contributed by atoms with Gasteiger partial charge < -0.3 is 23.5 Å². The second-order valence-electron chi connectivity index (χ2n) is 19.2. The molecular weight excluding hydrogens is 874 g/mol. The molecule has 2 aliphatic rings. The molecule has 0 spiro atoms. The van der Waals surface area contributed by atoms with Crippen LogP contribution in [0.3, 0.4) is 0 Å². The Morgan fingerprint density at radius 2 is 0.611 bits per heavy atom. The minimum Gasteiger partial charge on any atom is -0.311 e. The number of benzene rings is 11. The number of aromatic nitrogens is 3. The Morgan fingerprint density at radius 3 is 1.10 bits per heavy atom. The fourth-order valence-corrected chi connectivity index (χ4v) is 12.8. The lowest BCUT2D eigenvalue weighted by atomic mass is 9.33. The molecule has 16 rings (SSSR count). The molecule has 0 aliphatic carbocycles. The minimum atomic E-state index is 0.00582. The van der Waals surface area contributed by atoms with Crippen LogP contribution in [-0.4, -0.2) is 20.4 Å². The Balaban J connectivity index is 1.07. The van der Waals surface area contributed by atoms with Crippen molar-refractivity contribution >= 4 is 123 Å². The lowest BCUT2D eigenvalue weighted by molar-refractivity contribution is 1.17. The second-order valence-corrected chi connectivity index (χ2v) is 19.2. The SMILES string of the molecule is c1ccc(N2c3ccccc3B3c4ccc(-n5c6ccccc6c6c7c(c8ccccc8n7-c7ccccc7)c7c(c8ccccc8n7-c7ccccc7)c65)cc4N(c4ccccc4)c4cccc2c43)cc1. The van der Waals surface area contributed by atoms with Crippen molar-refractivity contribution in [3.8, 4) is 17.1 Å². The summed E-state index contributed by atoms with van der Waals surface area (Å²) in [6.07, 6.45) is 0. The number of rotatable bonds is 5. The molecule has 3 aromatic heterocycles. The number of nitrogens with zero attached hydrogens (tertiary/aromatic N) is 5. The van der Waals surface area contributed by atoms with Crippen molar-refractivity contribution in [2.45, 2.75) is 0 Å². The van der Waals surface area contributed by atoms with Gasteiger partial charge in [-0.1, -0.05) is 158 Å². The highest BCUT2D eigenvalue weighted by Gasteiger charge is 2.43. The first kappa shape index (κ1) is 39.3. The van der Waals surface area contributed by atoms with Crippen LogP contribution in [0.15, 0.2) is 255 Å². The van der Waals surface area contributed by atoms with Crippen LogP contribution in [0.4, 0.5) is 34.1 Å². The molecule has 0 bridgehead atoms. The maximum absolute atomic E-state index is 2.59. The van der Waals surface area contributed by atoms with Crippen LogP contribution >= 0.6 is 0 Å². The third-order valence-electron chi connectivity index (χ3n) is 15.5. The van der Waals surface area contributed by atoms with Gasteiger partial charge in [0.1, 0.15) is 0 Å². The summed E-state index contributed by atoms with van der Waals surface area (Å²) in [5, 5.41) is 7.37. The van der Waals surface area contributed by atoms with Crippen molar-refractivity contribution in [2.24, 2.45) is 0 Å². The quantitative estimate of drug-likeness (QED) is 0.160. The standard InChI is InChI=1S/C66H42BN5/c1-5-22-43(23-6-1)68-56-37-20-16-33-51(56)67-52-41-40-47(42-59(52)69(44-24-7-2-8-25-44)58-39-21-38-57(68)63(58)67)72-55-36-19-15-32-50(55)62-65-60(48-30-13-17-34-53(48)70(65)45-26-9-3-10-27-45)64-61(66(62)72)49-31-14-18-35-54(49)71(64)46-28-11-4-12-29-46/h1-42H. The second kappa shape index (κ2) is 15.0. The summed E-state index contributed by atoms with van der Waals surface area (Å²) < 4.78 is 7.63. The van der Waals surface area contributed by atoms with Crippen LogP contribution in [0.2, 0.25) is 0 Å². The zero-order valence-corrected chi connectivity index (χ0v) is 39.1. The molecule has 72 heavy (non-hydrogen) atoms. The summed E-state index contributed by atoms with van der Waals surface area (Å²) in [6, 6.07) is 93.9. The molecule has 6 heteroatoms. The maximum atomic E-state index is 2.59. The summed E-state index contributed by atoms with van der Waals surface area (Å²) >= 11 is 0. The molecule has 5 nitrogen and oxygen atoms in total. The fourth-order valence-electron chi connectivity index (χ4n) is 12.8. The van der Waals surface area contributed by atoms with Crippen LogP contribution < -0.4 is 26.2 Å². The number of para-hydroxylation sites is 8. The molecule has 0 N–H and O–H groups in total. The lowest BCUT2D eigenvalue weighted by Gasteiger charge is -2.44. The Morgan fingerprint density at radius 1 is 0.250 bits per heavy atom. The van der Waals surface area contributed by atoms with E-state index in [-0.39, 0.29) is 6.71 Å². The van der Waals surface area contributed by atoms with Gasteiger partial charge in [-0.25, -0.2) is 0 Å². The predicted octanol–water partition coefficient (Wildman–Crippen LogP) is 15.1. The highest BCUT2D eigenvalue weighted by molar-refractivity contribution is 7.00. The summed E-state index contributed by atoms with van der Waals surface area (Å²) in [5.41, 5.74) is 21.4. The van der Waals surface area contributed by atoms with Crippen LogP contribution in [0.25, 0.3) is 82.5 Å². The molecule has 0 saturated heterocycles. The Labute approximate surface area is 416 Å². The Kier molecular flexibility index (Phi) is 8.19. The number of hydrogen-bond donors (Lipinski definition) is 0. The molecule has 14 aromatic rings. The van der Waals surface area contributed by atoms with Gasteiger partial charge in [0.15, 0.2) is 0 Å². The summed E-state index contributed by atoms with van der Waals surface area (Å²) in [4.78, 5) is 4.97. The van der Waals surface area contributed by atoms with Crippen LogP contribution in [0.1, 0.15) is 0 Å². The molecule has 5 heterocycles. The number of hydrogen-bond acceptors (Lipinski definition) is 2. The van der Waals surface area contributed by atoms with E-state index in [4.69, 9.17) is 0 Å². The first-order chi connectivity index (χ1) is 35.8. The largest absolute Gasteiger partial charge is 0.311 e. The molecule has 0 atom stereocenters. The zero-order chi connectivity index (χ0) is 47.0. The van der Waals surface area contributed by atoms with Gasteiger partial charge in [-0.05, 0) is 113 Å². The van der Waals surface area contributed by atoms with E-state index >= 15 is 0 Å². The molecule has 0 fully saturated rings. The fraction of sp³-hybridized carbons (Fsp3) is 0. The van der Waals surface area contributed by atoms with Crippen LogP contribution in [0.5, 0.6) is 0 Å². The van der Waals surface area contributed by atoms with E-state index in [0.717, 1.165) is 34.0 Å². The van der Waals surface area contributed by atoms with Gasteiger partial charge in [0.2, 0.25) is 0 Å². The third kappa shape index (κ3) is 5.27. The normalized spacial score (nSPS) is 12.9. The van der Waals surface area contributed by atoms with E-state index in [1.165, 1.54) is 99.0 Å². The zero-order valence-electron chi connectivity index (χ0n) is 39.1. The molecule has 0 unspecified atom stereocenters. The van der Waals surface area contributed by atoms with Gasteiger partial charge in [0, 0.05) is 83.5 Å². The van der Waals surface area contributed by atoms with Gasteiger partial charge in [0.05, 0.1) is 33.1 Å². The van der Waals surface area contributed by atoms with Crippen molar-refractivity contribution in [1.82, 2.24) is 13.7 Å². The highest BCUT2D eigenvalue weighted by atomic mass is 15.2. The summed E-state index contributed by atoms with van der Waals surface area (Å²) in [7, 11) is 0. The molecule has 334 valence electrons. The molecule has 2 aliphatic heterocycles. The average Bonchev–Trinajstić information content (AvgIpc) is 4.10. The smallest absolute Gasteiger partial charge is 0.252 e. The summed E-state index contributed by atoms with van der Waals surface area (Å²) in [6.45, 7) is 0.00582. The van der Waals surface area contributed by atoms with E-state index in [1.54, 1.807) is 0 Å². The Hall–Kier alpha value is -9.52. The molecule has 0 saturated carbocycles. The van der Waals surface area contributed by atoms with E-state index in [9.17, 15) is 0 Å². The molecule has 0 amide bonds. The van der Waals surface area contributed by atoms with E-state index in [2.05, 4.69) is 278 Å². The van der Waals surface area contributed by atoms with Crippen LogP contribution in [-0.2, 0) is 0 Å². The predicted molar refractivity (Wildman–Crippen MR) is 303 cm³/mol. The Bertz CT molecular complexity index is 4450. The van der Waals surface area contributed by atoms with Crippen molar-refractivity contribution < 1.29 is 0 Å². The maximum Gasteiger partial charge on any atom is 0.252 e. The van der Waals surface area contributed by atoms with Gasteiger partial charge in [-0.3, -0.25) is 0 Å². The minimum absolute atomic E-state index is 0.00582. The summed E-state index contributed by atoms with van der Waals surface area (Å²) in [5.74, 6) is 0. The molecule has 11 aromatic carbocycles. The van der Waals surface area contributed by atoms with E-state index < -0.39 is 0 Å². The monoisotopic (exact) mass is 915 g/mol. The van der Waals surface area contributed by atoms with Crippen molar-refractivity contribution in [3.63, 3.8) is 0 Å². The van der Waals surface area contributed by atoms with Gasteiger partial charge in [0.25, 0.3) is 6.71 Å². The molecular formula is C66H42BN5. The van der Waals surface area contributed by atoms with Crippen LogP contribution in [0, 0.1) is 0 Å². The van der Waals surface area contributed by atoms with E-state index in [1.807, 2.05) is 0 Å².